The number of H-pyrrole nitrogens is 1. The molecule has 1 aliphatic rings. The topological polar surface area (TPSA) is 66.1 Å². The van der Waals surface area contributed by atoms with E-state index < -0.39 is 10.0 Å². The third-order valence-electron chi connectivity index (χ3n) is 3.46. The van der Waals surface area contributed by atoms with Crippen LogP contribution in [-0.2, 0) is 10.0 Å². The molecule has 0 spiro atoms. The summed E-state index contributed by atoms with van der Waals surface area (Å²) in [6, 6.07) is 5.96. The Kier molecular flexibility index (Phi) is 2.64. The molecule has 0 radical (unpaired) electrons. The quantitative estimate of drug-likeness (QED) is 0.910. The summed E-state index contributed by atoms with van der Waals surface area (Å²) in [5.74, 6) is 0.439. The third kappa shape index (κ3) is 1.81. The lowest BCUT2D eigenvalue weighted by molar-refractivity contribution is 0.261. The van der Waals surface area contributed by atoms with Crippen molar-refractivity contribution in [1.82, 2.24) is 14.3 Å². The SMILES string of the molecule is CCS(=O)(=O)N1CC(c2cc3cccnc3[nH]2)C1. The van der Waals surface area contributed by atoms with Crippen molar-refractivity contribution >= 4 is 21.1 Å². The Morgan fingerprint density at radius 2 is 2.28 bits per heavy atom. The second-order valence-electron chi connectivity index (χ2n) is 4.58. The third-order valence-corrected chi connectivity index (χ3v) is 5.27. The molecule has 0 unspecified atom stereocenters. The highest BCUT2D eigenvalue weighted by Gasteiger charge is 2.36. The molecule has 0 amide bonds. The number of sulfonamides is 1. The van der Waals surface area contributed by atoms with Crippen molar-refractivity contribution in [2.24, 2.45) is 0 Å². The van der Waals surface area contributed by atoms with E-state index in [0.717, 1.165) is 16.7 Å². The van der Waals surface area contributed by atoms with E-state index in [2.05, 4.69) is 16.0 Å². The lowest BCUT2D eigenvalue weighted by atomic mass is 9.99. The van der Waals surface area contributed by atoms with Gasteiger partial charge in [-0.3, -0.25) is 0 Å². The van der Waals surface area contributed by atoms with Crippen LogP contribution in [0.25, 0.3) is 11.0 Å². The zero-order chi connectivity index (χ0) is 12.8. The first kappa shape index (κ1) is 11.7. The van der Waals surface area contributed by atoms with Crippen molar-refractivity contribution in [3.63, 3.8) is 0 Å². The second kappa shape index (κ2) is 4.07. The van der Waals surface area contributed by atoms with Gasteiger partial charge in [-0.25, -0.2) is 17.7 Å². The molecule has 6 heteroatoms. The number of hydrogen-bond acceptors (Lipinski definition) is 3. The fourth-order valence-electron chi connectivity index (χ4n) is 2.24. The largest absolute Gasteiger partial charge is 0.343 e. The van der Waals surface area contributed by atoms with Crippen LogP contribution in [0, 0.1) is 0 Å². The summed E-state index contributed by atoms with van der Waals surface area (Å²) < 4.78 is 24.8. The molecule has 0 bridgehead atoms. The molecule has 3 heterocycles. The molecule has 0 aliphatic carbocycles. The first-order valence-electron chi connectivity index (χ1n) is 6.01. The average molecular weight is 265 g/mol. The predicted molar refractivity (Wildman–Crippen MR) is 69.9 cm³/mol. The second-order valence-corrected chi connectivity index (χ2v) is 6.84. The van der Waals surface area contributed by atoms with E-state index >= 15 is 0 Å². The lowest BCUT2D eigenvalue weighted by Crippen LogP contribution is -2.49. The molecular weight excluding hydrogens is 250 g/mol. The van der Waals surface area contributed by atoms with Gasteiger partial charge in [0.1, 0.15) is 5.65 Å². The molecule has 0 saturated carbocycles. The summed E-state index contributed by atoms with van der Waals surface area (Å²) >= 11 is 0. The highest BCUT2D eigenvalue weighted by Crippen LogP contribution is 2.30. The number of rotatable bonds is 3. The molecule has 1 N–H and O–H groups in total. The fraction of sp³-hybridized carbons (Fsp3) is 0.417. The Hall–Kier alpha value is -1.40. The van der Waals surface area contributed by atoms with Crippen LogP contribution in [0.15, 0.2) is 24.4 Å². The van der Waals surface area contributed by atoms with Gasteiger partial charge >= 0.3 is 0 Å². The van der Waals surface area contributed by atoms with Crippen LogP contribution in [-0.4, -0.2) is 41.5 Å². The molecule has 1 saturated heterocycles. The predicted octanol–water partition coefficient (Wildman–Crippen LogP) is 1.31. The Balaban J connectivity index is 1.79. The summed E-state index contributed by atoms with van der Waals surface area (Å²) in [4.78, 5) is 7.49. The van der Waals surface area contributed by atoms with E-state index in [1.807, 2.05) is 12.1 Å². The van der Waals surface area contributed by atoms with Crippen molar-refractivity contribution in [1.29, 1.82) is 0 Å². The zero-order valence-corrected chi connectivity index (χ0v) is 10.9. The highest BCUT2D eigenvalue weighted by atomic mass is 32.2. The van der Waals surface area contributed by atoms with Crippen molar-refractivity contribution in [2.75, 3.05) is 18.8 Å². The number of nitrogens with zero attached hydrogens (tertiary/aromatic N) is 2. The molecule has 1 aliphatic heterocycles. The minimum Gasteiger partial charge on any atom is -0.343 e. The summed E-state index contributed by atoms with van der Waals surface area (Å²) in [7, 11) is -3.03. The summed E-state index contributed by atoms with van der Waals surface area (Å²) in [6.07, 6.45) is 1.75. The van der Waals surface area contributed by atoms with Crippen LogP contribution in [0.3, 0.4) is 0 Å². The monoisotopic (exact) mass is 265 g/mol. The first-order valence-corrected chi connectivity index (χ1v) is 7.62. The van der Waals surface area contributed by atoms with Crippen molar-refractivity contribution < 1.29 is 8.42 Å². The molecule has 1 fully saturated rings. The van der Waals surface area contributed by atoms with Gasteiger partial charge in [-0.1, -0.05) is 0 Å². The van der Waals surface area contributed by atoms with Crippen LogP contribution in [0.1, 0.15) is 18.5 Å². The van der Waals surface area contributed by atoms with Crippen molar-refractivity contribution in [2.45, 2.75) is 12.8 Å². The first-order chi connectivity index (χ1) is 8.60. The Morgan fingerprint density at radius 1 is 1.50 bits per heavy atom. The molecule has 2 aromatic heterocycles. The van der Waals surface area contributed by atoms with Gasteiger partial charge in [-0.15, -0.1) is 0 Å². The molecule has 18 heavy (non-hydrogen) atoms. The Morgan fingerprint density at radius 3 is 2.94 bits per heavy atom. The smallest absolute Gasteiger partial charge is 0.213 e. The van der Waals surface area contributed by atoms with Crippen molar-refractivity contribution in [3.05, 3.63) is 30.1 Å². The summed E-state index contributed by atoms with van der Waals surface area (Å²) in [5.41, 5.74) is 1.94. The van der Waals surface area contributed by atoms with Gasteiger partial charge in [0.2, 0.25) is 10.0 Å². The van der Waals surface area contributed by atoms with Gasteiger partial charge in [-0.05, 0) is 25.1 Å². The number of nitrogens with one attached hydrogen (secondary N) is 1. The molecule has 0 aromatic carbocycles. The molecule has 3 rings (SSSR count). The molecule has 5 nitrogen and oxygen atoms in total. The normalized spacial score (nSPS) is 18.1. The Labute approximate surface area is 106 Å². The van der Waals surface area contributed by atoms with E-state index in [9.17, 15) is 8.42 Å². The maximum absolute atomic E-state index is 11.6. The van der Waals surface area contributed by atoms with Gasteiger partial charge < -0.3 is 4.98 Å². The van der Waals surface area contributed by atoms with Gasteiger partial charge in [0.25, 0.3) is 0 Å². The lowest BCUT2D eigenvalue weighted by Gasteiger charge is -2.37. The van der Waals surface area contributed by atoms with E-state index in [0.29, 0.717) is 13.1 Å². The molecule has 96 valence electrons. The van der Waals surface area contributed by atoms with E-state index in [-0.39, 0.29) is 11.7 Å². The average Bonchev–Trinajstić information content (AvgIpc) is 2.69. The van der Waals surface area contributed by atoms with E-state index in [1.165, 1.54) is 4.31 Å². The summed E-state index contributed by atoms with van der Waals surface area (Å²) in [6.45, 7) is 2.82. The maximum Gasteiger partial charge on any atom is 0.213 e. The van der Waals surface area contributed by atoms with Crippen LogP contribution >= 0.6 is 0 Å². The standard InChI is InChI=1S/C12H15N3O2S/c1-2-18(16,17)15-7-10(8-15)11-6-9-4-3-5-13-12(9)14-11/h3-6,10H,2,7-8H2,1H3,(H,13,14). The van der Waals surface area contributed by atoms with Crippen molar-refractivity contribution in [3.8, 4) is 0 Å². The summed E-state index contributed by atoms with van der Waals surface area (Å²) in [5, 5.41) is 1.07. The zero-order valence-electron chi connectivity index (χ0n) is 10.1. The fourth-order valence-corrected chi connectivity index (χ4v) is 3.42. The molecule has 2 aromatic rings. The minimum absolute atomic E-state index is 0.175. The minimum atomic E-state index is -3.03. The van der Waals surface area contributed by atoms with Gasteiger partial charge in [0, 0.05) is 36.3 Å². The highest BCUT2D eigenvalue weighted by molar-refractivity contribution is 7.89. The van der Waals surface area contributed by atoms with Gasteiger partial charge in [-0.2, -0.15) is 0 Å². The number of aromatic amines is 1. The number of hydrogen-bond donors (Lipinski definition) is 1. The van der Waals surface area contributed by atoms with Gasteiger partial charge in [0.15, 0.2) is 0 Å². The van der Waals surface area contributed by atoms with Gasteiger partial charge in [0.05, 0.1) is 5.75 Å². The number of aromatic nitrogens is 2. The van der Waals surface area contributed by atoms with Crippen LogP contribution in [0.4, 0.5) is 0 Å². The molecular formula is C12H15N3O2S. The van der Waals surface area contributed by atoms with Crippen LogP contribution in [0.2, 0.25) is 0 Å². The molecule has 0 atom stereocenters. The van der Waals surface area contributed by atoms with Crippen LogP contribution in [0.5, 0.6) is 0 Å². The van der Waals surface area contributed by atoms with Crippen LogP contribution < -0.4 is 0 Å². The number of fused-ring (bicyclic) bond motifs is 1. The van der Waals surface area contributed by atoms with E-state index in [4.69, 9.17) is 0 Å². The maximum atomic E-state index is 11.6. The number of pyridine rings is 1. The van der Waals surface area contributed by atoms with E-state index in [1.54, 1.807) is 13.1 Å². The Bertz CT molecular complexity index is 638.